The summed E-state index contributed by atoms with van der Waals surface area (Å²) in [6, 6.07) is 4.39. The summed E-state index contributed by atoms with van der Waals surface area (Å²) in [5, 5.41) is 11.5. The van der Waals surface area contributed by atoms with Crippen molar-refractivity contribution in [2.45, 2.75) is 0 Å². The molecule has 0 bridgehead atoms. The Kier molecular flexibility index (Phi) is 4.04. The first-order valence-corrected chi connectivity index (χ1v) is 6.34. The van der Waals surface area contributed by atoms with Crippen molar-refractivity contribution in [2.75, 3.05) is 5.32 Å². The van der Waals surface area contributed by atoms with Crippen LogP contribution in [0.15, 0.2) is 29.2 Å². The number of benzene rings is 1. The number of hydrogen-bond donors (Lipinski definition) is 2. The monoisotopic (exact) mass is 308 g/mol. The molecule has 1 aromatic heterocycles. The van der Waals surface area contributed by atoms with Crippen LogP contribution in [-0.2, 0) is 7.05 Å². The van der Waals surface area contributed by atoms with Crippen molar-refractivity contribution < 1.29 is 14.3 Å². The van der Waals surface area contributed by atoms with Gasteiger partial charge in [-0.1, -0.05) is 23.1 Å². The van der Waals surface area contributed by atoms with E-state index in [0.717, 1.165) is 10.8 Å². The second kappa shape index (κ2) is 5.61. The highest BCUT2D eigenvalue weighted by Crippen LogP contribution is 2.27. The van der Waals surface area contributed by atoms with Crippen LogP contribution in [0.4, 0.5) is 15.8 Å². The summed E-state index contributed by atoms with van der Waals surface area (Å²) in [6.07, 6.45) is 1.13. The van der Waals surface area contributed by atoms with Gasteiger partial charge in [0.1, 0.15) is 24.2 Å². The molecule has 0 amide bonds. The molecule has 0 saturated carbocycles. The topological polar surface area (TPSA) is 71.3 Å². The molecule has 8 heteroatoms. The Hall–Kier alpha value is -2.28. The van der Waals surface area contributed by atoms with Crippen molar-refractivity contribution in [2.24, 2.45) is 7.05 Å². The van der Waals surface area contributed by atoms with Gasteiger partial charge in [0.2, 0.25) is 0 Å². The number of pyridine rings is 1. The Morgan fingerprint density at radius 2 is 2.14 bits per heavy atom. The number of carboxylic acids is 1. The van der Waals surface area contributed by atoms with Crippen molar-refractivity contribution in [1.29, 1.82) is 0 Å². The highest BCUT2D eigenvalue weighted by molar-refractivity contribution is 6.34. The third kappa shape index (κ3) is 2.92. The lowest BCUT2D eigenvalue weighted by molar-refractivity contribution is 0.0697. The van der Waals surface area contributed by atoms with Gasteiger partial charge in [0.05, 0.1) is 11.4 Å². The van der Waals surface area contributed by atoms with Gasteiger partial charge in [-0.15, -0.1) is 0 Å². The number of aromatic nitrogens is 1. The van der Waals surface area contributed by atoms with Gasteiger partial charge in [-0.2, -0.15) is 0 Å². The van der Waals surface area contributed by atoms with E-state index in [1.165, 1.54) is 19.2 Å². The highest BCUT2D eigenvalue weighted by atomic mass is 35.5. The Morgan fingerprint density at radius 1 is 1.48 bits per heavy atom. The third-order valence-electron chi connectivity index (χ3n) is 2.93. The zero-order chi connectivity index (χ0) is 15.7. The molecule has 0 aliphatic heterocycles. The van der Waals surface area contributed by atoms with Gasteiger partial charge in [-0.05, 0) is 12.1 Å². The first-order valence-electron chi connectivity index (χ1n) is 5.97. The number of anilines is 2. The summed E-state index contributed by atoms with van der Waals surface area (Å²) < 4.78 is 14.9. The molecule has 0 unspecified atom stereocenters. The van der Waals surface area contributed by atoms with Gasteiger partial charge in [-0.3, -0.25) is 4.79 Å². The van der Waals surface area contributed by atoms with E-state index in [4.69, 9.17) is 11.6 Å². The summed E-state index contributed by atoms with van der Waals surface area (Å²) >= 11 is 5.90. The Balaban J connectivity index is 2.60. The molecular weight excluding hydrogens is 297 g/mol. The van der Waals surface area contributed by atoms with E-state index in [2.05, 4.69) is 5.32 Å². The SMILES string of the molecule is Bc1ccc(Nc2c(C(=O)O)cn(C)c(=O)c2Cl)c(F)c1. The fourth-order valence-electron chi connectivity index (χ4n) is 1.84. The molecule has 0 fully saturated rings. The van der Waals surface area contributed by atoms with Gasteiger partial charge in [0.15, 0.2) is 0 Å². The zero-order valence-electron chi connectivity index (χ0n) is 11.3. The molecule has 1 heterocycles. The minimum atomic E-state index is -1.28. The average Bonchev–Trinajstić information content (AvgIpc) is 2.41. The van der Waals surface area contributed by atoms with Gasteiger partial charge < -0.3 is 15.0 Å². The average molecular weight is 309 g/mol. The summed E-state index contributed by atoms with van der Waals surface area (Å²) in [6.45, 7) is 0. The maximum absolute atomic E-state index is 13.8. The van der Waals surface area contributed by atoms with Crippen LogP contribution in [0.25, 0.3) is 0 Å². The van der Waals surface area contributed by atoms with E-state index < -0.39 is 17.3 Å². The molecule has 0 aliphatic carbocycles. The predicted molar refractivity (Wildman–Crippen MR) is 81.5 cm³/mol. The predicted octanol–water partition coefficient (Wildman–Crippen LogP) is 0.878. The first-order chi connectivity index (χ1) is 9.81. The molecule has 0 radical (unpaired) electrons. The summed E-state index contributed by atoms with van der Waals surface area (Å²) in [7, 11) is 3.11. The smallest absolute Gasteiger partial charge is 0.339 e. The molecule has 0 spiro atoms. The highest BCUT2D eigenvalue weighted by Gasteiger charge is 2.19. The molecule has 0 saturated heterocycles. The van der Waals surface area contributed by atoms with E-state index in [9.17, 15) is 19.1 Å². The molecule has 0 aliphatic rings. The number of rotatable bonds is 3. The fraction of sp³-hybridized carbons (Fsp3) is 0.0769. The van der Waals surface area contributed by atoms with Crippen LogP contribution in [0, 0.1) is 5.82 Å². The second-order valence-corrected chi connectivity index (χ2v) is 4.94. The summed E-state index contributed by atoms with van der Waals surface area (Å²) in [4.78, 5) is 23.1. The number of halogens is 2. The fourth-order valence-corrected chi connectivity index (χ4v) is 2.12. The second-order valence-electron chi connectivity index (χ2n) is 4.56. The zero-order valence-corrected chi connectivity index (χ0v) is 12.0. The number of aryl methyl sites for hydroxylation is 1. The van der Waals surface area contributed by atoms with E-state index in [1.807, 2.05) is 0 Å². The van der Waals surface area contributed by atoms with E-state index in [1.54, 1.807) is 13.9 Å². The minimum absolute atomic E-state index is 0.0400. The van der Waals surface area contributed by atoms with Crippen molar-refractivity contribution in [1.82, 2.24) is 4.57 Å². The molecular formula is C13H11BClFN2O3. The van der Waals surface area contributed by atoms with Gasteiger partial charge >= 0.3 is 5.97 Å². The minimum Gasteiger partial charge on any atom is -0.478 e. The quantitative estimate of drug-likeness (QED) is 0.826. The number of carbonyl (C=O) groups is 1. The lowest BCUT2D eigenvalue weighted by atomic mass is 9.96. The number of aromatic carboxylic acids is 1. The normalized spacial score (nSPS) is 10.4. The molecule has 2 aromatic rings. The number of nitrogens with zero attached hydrogens (tertiary/aromatic N) is 1. The Labute approximate surface area is 125 Å². The van der Waals surface area contributed by atoms with Crippen molar-refractivity contribution in [3.63, 3.8) is 0 Å². The number of hydrogen-bond acceptors (Lipinski definition) is 3. The maximum Gasteiger partial charge on any atom is 0.339 e. The molecule has 2 N–H and O–H groups in total. The van der Waals surface area contributed by atoms with Gasteiger partial charge in [0, 0.05) is 13.2 Å². The van der Waals surface area contributed by atoms with Crippen molar-refractivity contribution in [3.8, 4) is 0 Å². The Morgan fingerprint density at radius 3 is 2.71 bits per heavy atom. The lowest BCUT2D eigenvalue weighted by Gasteiger charge is -2.13. The summed E-state index contributed by atoms with van der Waals surface area (Å²) in [5.41, 5.74) is -0.168. The van der Waals surface area contributed by atoms with Crippen LogP contribution in [0.3, 0.4) is 0 Å². The molecule has 108 valence electrons. The van der Waals surface area contributed by atoms with Crippen LogP contribution >= 0.6 is 11.6 Å². The van der Waals surface area contributed by atoms with E-state index in [-0.39, 0.29) is 22.0 Å². The molecule has 0 atom stereocenters. The van der Waals surface area contributed by atoms with Gasteiger partial charge in [-0.25, -0.2) is 9.18 Å². The third-order valence-corrected chi connectivity index (χ3v) is 3.29. The van der Waals surface area contributed by atoms with Crippen LogP contribution in [0.2, 0.25) is 5.02 Å². The number of nitrogens with one attached hydrogen (secondary N) is 1. The number of carboxylic acid groups (broad SMARTS) is 1. The molecule has 2 rings (SSSR count). The van der Waals surface area contributed by atoms with Crippen molar-refractivity contribution in [3.05, 3.63) is 51.2 Å². The first kappa shape index (κ1) is 15.1. The van der Waals surface area contributed by atoms with E-state index >= 15 is 0 Å². The molecule has 5 nitrogen and oxygen atoms in total. The van der Waals surface area contributed by atoms with Crippen LogP contribution in [-0.4, -0.2) is 23.5 Å². The van der Waals surface area contributed by atoms with Crippen molar-refractivity contribution >= 4 is 42.3 Å². The standard InChI is InChI=1S/C13H11BClFN2O3/c1-18-5-7(13(20)21)11(10(15)12(18)19)17-9-3-2-6(14)4-8(9)16/h2-5,17H,14H2,1H3,(H,20,21). The molecule has 21 heavy (non-hydrogen) atoms. The van der Waals surface area contributed by atoms with Crippen LogP contribution in [0.1, 0.15) is 10.4 Å². The lowest BCUT2D eigenvalue weighted by Crippen LogP contribution is -2.21. The van der Waals surface area contributed by atoms with Crippen LogP contribution in [0.5, 0.6) is 0 Å². The maximum atomic E-state index is 13.8. The summed E-state index contributed by atoms with van der Waals surface area (Å²) in [5.74, 6) is -1.84. The Bertz CT molecular complexity index is 792. The largest absolute Gasteiger partial charge is 0.478 e. The van der Waals surface area contributed by atoms with Gasteiger partial charge in [0.25, 0.3) is 5.56 Å². The van der Waals surface area contributed by atoms with Crippen LogP contribution < -0.4 is 16.3 Å². The van der Waals surface area contributed by atoms with E-state index in [0.29, 0.717) is 5.46 Å². The molecule has 1 aromatic carbocycles.